The van der Waals surface area contributed by atoms with Crippen molar-refractivity contribution in [2.75, 3.05) is 14.2 Å². The lowest BCUT2D eigenvalue weighted by Gasteiger charge is -2.17. The predicted molar refractivity (Wildman–Crippen MR) is 91.5 cm³/mol. The van der Waals surface area contributed by atoms with Crippen molar-refractivity contribution in [3.63, 3.8) is 0 Å². The zero-order valence-corrected chi connectivity index (χ0v) is 14.3. The number of amides is 1. The molecule has 1 amide bonds. The summed E-state index contributed by atoms with van der Waals surface area (Å²) < 4.78 is 47.2. The number of alkyl halides is 2. The summed E-state index contributed by atoms with van der Waals surface area (Å²) in [5.41, 5.74) is 1.25. The van der Waals surface area contributed by atoms with Crippen molar-refractivity contribution in [1.29, 1.82) is 0 Å². The first-order chi connectivity index (χ1) is 12.4. The van der Waals surface area contributed by atoms with E-state index in [0.717, 1.165) is 0 Å². The largest absolute Gasteiger partial charge is 0.493 e. The molecule has 4 nitrogen and oxygen atoms in total. The van der Waals surface area contributed by atoms with Crippen LogP contribution in [0.4, 0.5) is 13.2 Å². The fraction of sp³-hybridized carbons (Fsp3) is 0.211. The third-order valence-electron chi connectivity index (χ3n) is 3.51. The molecule has 2 aromatic rings. The number of hydrogen-bond acceptors (Lipinski definition) is 3. The Morgan fingerprint density at radius 2 is 1.96 bits per heavy atom. The average molecular weight is 365 g/mol. The maximum Gasteiger partial charge on any atom is 0.387 e. The van der Waals surface area contributed by atoms with Gasteiger partial charge in [0, 0.05) is 19.7 Å². The third kappa shape index (κ3) is 5.54. The van der Waals surface area contributed by atoms with Crippen molar-refractivity contribution in [1.82, 2.24) is 4.90 Å². The minimum Gasteiger partial charge on any atom is -0.493 e. The van der Waals surface area contributed by atoms with Crippen LogP contribution in [0.5, 0.6) is 11.5 Å². The molecule has 0 aliphatic rings. The van der Waals surface area contributed by atoms with Crippen LogP contribution >= 0.6 is 0 Å². The zero-order valence-electron chi connectivity index (χ0n) is 14.3. The normalized spacial score (nSPS) is 11.0. The number of rotatable bonds is 7. The number of likely N-dealkylation sites (N-methyl/N-ethyl adjacent to an activating group) is 1. The van der Waals surface area contributed by atoms with Crippen molar-refractivity contribution in [2.45, 2.75) is 13.2 Å². The lowest BCUT2D eigenvalue weighted by molar-refractivity contribution is -0.125. The number of nitrogens with zero attached hydrogens (tertiary/aromatic N) is 1. The van der Waals surface area contributed by atoms with Crippen LogP contribution in [0.25, 0.3) is 6.08 Å². The molecule has 0 radical (unpaired) electrons. The maximum absolute atomic E-state index is 13.1. The number of methoxy groups -OCH3 is 1. The summed E-state index contributed by atoms with van der Waals surface area (Å²) in [5.74, 6) is -0.600. The van der Waals surface area contributed by atoms with Gasteiger partial charge in [-0.25, -0.2) is 4.39 Å². The van der Waals surface area contributed by atoms with Gasteiger partial charge >= 0.3 is 6.61 Å². The second-order valence-corrected chi connectivity index (χ2v) is 5.45. The lowest BCUT2D eigenvalue weighted by Crippen LogP contribution is -2.24. The topological polar surface area (TPSA) is 38.8 Å². The monoisotopic (exact) mass is 365 g/mol. The van der Waals surface area contributed by atoms with Crippen LogP contribution in [0.15, 0.2) is 48.5 Å². The highest BCUT2D eigenvalue weighted by atomic mass is 19.3. The van der Waals surface area contributed by atoms with Crippen molar-refractivity contribution in [2.24, 2.45) is 0 Å². The molecule has 7 heteroatoms. The molecule has 0 aromatic heterocycles. The van der Waals surface area contributed by atoms with Gasteiger partial charge in [0.25, 0.3) is 0 Å². The minimum atomic E-state index is -2.95. The fourth-order valence-corrected chi connectivity index (χ4v) is 2.26. The van der Waals surface area contributed by atoms with Gasteiger partial charge in [-0.3, -0.25) is 4.79 Å². The molecule has 0 heterocycles. The lowest BCUT2D eigenvalue weighted by atomic mass is 10.2. The van der Waals surface area contributed by atoms with Gasteiger partial charge < -0.3 is 14.4 Å². The first-order valence-electron chi connectivity index (χ1n) is 7.69. The second kappa shape index (κ2) is 8.94. The minimum absolute atomic E-state index is 0.0776. The molecule has 0 spiro atoms. The summed E-state index contributed by atoms with van der Waals surface area (Å²) in [4.78, 5) is 13.6. The standard InChI is InChI=1S/C19H18F3NO3/c1-23(18(24)9-7-13-4-3-5-15(20)10-13)12-14-6-8-16(26-19(21)22)17(11-14)25-2/h3-11,19H,12H2,1-2H3/b9-7+. The van der Waals surface area contributed by atoms with Crippen molar-refractivity contribution >= 4 is 12.0 Å². The molecule has 0 saturated heterocycles. The number of carbonyl (C=O) groups is 1. The van der Waals surface area contributed by atoms with Gasteiger partial charge in [-0.1, -0.05) is 18.2 Å². The van der Waals surface area contributed by atoms with E-state index in [4.69, 9.17) is 4.74 Å². The summed E-state index contributed by atoms with van der Waals surface area (Å²) >= 11 is 0. The molecule has 0 fully saturated rings. The molecular formula is C19H18F3NO3. The van der Waals surface area contributed by atoms with Crippen molar-refractivity contribution < 1.29 is 27.4 Å². The highest BCUT2D eigenvalue weighted by molar-refractivity contribution is 5.91. The molecule has 0 N–H and O–H groups in total. The Morgan fingerprint density at radius 1 is 1.19 bits per heavy atom. The van der Waals surface area contributed by atoms with E-state index < -0.39 is 6.61 Å². The van der Waals surface area contributed by atoms with Crippen LogP contribution in [0.1, 0.15) is 11.1 Å². The maximum atomic E-state index is 13.1. The Morgan fingerprint density at radius 3 is 2.62 bits per heavy atom. The van der Waals surface area contributed by atoms with E-state index in [1.54, 1.807) is 25.2 Å². The van der Waals surface area contributed by atoms with Crippen molar-refractivity contribution in [3.05, 3.63) is 65.5 Å². The van der Waals surface area contributed by atoms with E-state index in [0.29, 0.717) is 11.1 Å². The van der Waals surface area contributed by atoms with E-state index >= 15 is 0 Å². The highest BCUT2D eigenvalue weighted by Gasteiger charge is 2.13. The molecule has 0 unspecified atom stereocenters. The molecular weight excluding hydrogens is 347 g/mol. The van der Waals surface area contributed by atoms with Crippen molar-refractivity contribution in [3.8, 4) is 11.5 Å². The first-order valence-corrected chi connectivity index (χ1v) is 7.69. The average Bonchev–Trinajstić information content (AvgIpc) is 2.60. The zero-order chi connectivity index (χ0) is 19.1. The molecule has 2 aromatic carbocycles. The predicted octanol–water partition coefficient (Wildman–Crippen LogP) is 4.11. The SMILES string of the molecule is COc1cc(CN(C)C(=O)/C=C/c2cccc(F)c2)ccc1OC(F)F. The molecule has 2 rings (SSSR count). The Hall–Kier alpha value is -2.96. The van der Waals surface area contributed by atoms with E-state index in [1.807, 2.05) is 0 Å². The fourth-order valence-electron chi connectivity index (χ4n) is 2.26. The summed E-state index contributed by atoms with van der Waals surface area (Å²) in [6, 6.07) is 10.3. The van der Waals surface area contributed by atoms with Crippen LogP contribution in [0.3, 0.4) is 0 Å². The molecule has 0 bridgehead atoms. The Bertz CT molecular complexity index is 793. The Labute approximate surface area is 149 Å². The molecule has 0 atom stereocenters. The number of benzene rings is 2. The smallest absolute Gasteiger partial charge is 0.387 e. The van der Waals surface area contributed by atoms with Gasteiger partial charge in [0.15, 0.2) is 11.5 Å². The first kappa shape index (κ1) is 19.4. The van der Waals surface area contributed by atoms with Crippen LogP contribution < -0.4 is 9.47 Å². The molecule has 138 valence electrons. The van der Waals surface area contributed by atoms with E-state index in [2.05, 4.69) is 4.74 Å². The summed E-state index contributed by atoms with van der Waals surface area (Å²) in [5, 5.41) is 0. The van der Waals surface area contributed by atoms with Crippen LogP contribution in [0.2, 0.25) is 0 Å². The molecule has 26 heavy (non-hydrogen) atoms. The quantitative estimate of drug-likeness (QED) is 0.693. The van der Waals surface area contributed by atoms with E-state index in [9.17, 15) is 18.0 Å². The van der Waals surface area contributed by atoms with Crippen LogP contribution in [0, 0.1) is 5.82 Å². The number of halogens is 3. The molecule has 0 aliphatic carbocycles. The third-order valence-corrected chi connectivity index (χ3v) is 3.51. The van der Waals surface area contributed by atoms with E-state index in [-0.39, 0.29) is 29.8 Å². The number of carbonyl (C=O) groups excluding carboxylic acids is 1. The van der Waals surface area contributed by atoms with Gasteiger partial charge in [0.05, 0.1) is 7.11 Å². The van der Waals surface area contributed by atoms with Crippen LogP contribution in [-0.4, -0.2) is 31.6 Å². The highest BCUT2D eigenvalue weighted by Crippen LogP contribution is 2.29. The summed E-state index contributed by atoms with van der Waals surface area (Å²) in [7, 11) is 2.93. The Kier molecular flexibility index (Phi) is 6.66. The van der Waals surface area contributed by atoms with Crippen LogP contribution in [-0.2, 0) is 11.3 Å². The second-order valence-electron chi connectivity index (χ2n) is 5.45. The van der Waals surface area contributed by atoms with Gasteiger partial charge in [-0.15, -0.1) is 0 Å². The summed E-state index contributed by atoms with van der Waals surface area (Å²) in [6.07, 6.45) is 2.85. The van der Waals surface area contributed by atoms with E-state index in [1.165, 1.54) is 48.4 Å². The summed E-state index contributed by atoms with van der Waals surface area (Å²) in [6.45, 7) is -2.72. The van der Waals surface area contributed by atoms with Gasteiger partial charge in [-0.2, -0.15) is 8.78 Å². The van der Waals surface area contributed by atoms with Gasteiger partial charge in [-0.05, 0) is 41.5 Å². The number of ether oxygens (including phenoxy) is 2. The Balaban J connectivity index is 2.04. The number of hydrogen-bond donors (Lipinski definition) is 0. The molecule has 0 aliphatic heterocycles. The van der Waals surface area contributed by atoms with Gasteiger partial charge in [0.1, 0.15) is 5.82 Å². The van der Waals surface area contributed by atoms with Gasteiger partial charge in [0.2, 0.25) is 5.91 Å². The molecule has 0 saturated carbocycles.